The molecule has 2 nitrogen and oxygen atoms in total. The first-order valence-electron chi connectivity index (χ1n) is 4.65. The fraction of sp³-hybridized carbons (Fsp3) is 0.0833. The van der Waals surface area contributed by atoms with Crippen molar-refractivity contribution in [2.24, 2.45) is 0 Å². The third kappa shape index (κ3) is 2.10. The first-order chi connectivity index (χ1) is 7.16. The standard InChI is InChI=1S/C12H11ClN2/c1-8-6-9(4-5-15-8)11-3-2-10(13)7-12(11)14/h2-7H,14H2,1H3. The summed E-state index contributed by atoms with van der Waals surface area (Å²) in [6.45, 7) is 1.95. The summed E-state index contributed by atoms with van der Waals surface area (Å²) in [4.78, 5) is 4.15. The molecule has 0 aliphatic rings. The van der Waals surface area contributed by atoms with Crippen LogP contribution < -0.4 is 5.73 Å². The molecule has 1 aromatic carbocycles. The van der Waals surface area contributed by atoms with E-state index in [1.165, 1.54) is 0 Å². The van der Waals surface area contributed by atoms with Crippen molar-refractivity contribution in [3.05, 3.63) is 47.2 Å². The Morgan fingerprint density at radius 1 is 1.20 bits per heavy atom. The highest BCUT2D eigenvalue weighted by Crippen LogP contribution is 2.28. The Balaban J connectivity index is 2.54. The summed E-state index contributed by atoms with van der Waals surface area (Å²) in [5.74, 6) is 0. The first-order valence-corrected chi connectivity index (χ1v) is 5.02. The largest absolute Gasteiger partial charge is 0.398 e. The number of pyridine rings is 1. The van der Waals surface area contributed by atoms with Gasteiger partial charge >= 0.3 is 0 Å². The van der Waals surface area contributed by atoms with E-state index in [9.17, 15) is 0 Å². The lowest BCUT2D eigenvalue weighted by molar-refractivity contribution is 1.20. The van der Waals surface area contributed by atoms with E-state index < -0.39 is 0 Å². The Labute approximate surface area is 93.7 Å². The molecule has 3 heteroatoms. The molecule has 0 fully saturated rings. The maximum Gasteiger partial charge on any atom is 0.0426 e. The number of nitrogens with zero attached hydrogens (tertiary/aromatic N) is 1. The number of aromatic nitrogens is 1. The summed E-state index contributed by atoms with van der Waals surface area (Å²) in [6.07, 6.45) is 1.78. The molecule has 0 unspecified atom stereocenters. The SMILES string of the molecule is Cc1cc(-c2ccc(Cl)cc2N)ccn1. The highest BCUT2D eigenvalue weighted by Gasteiger charge is 2.03. The van der Waals surface area contributed by atoms with Gasteiger partial charge in [-0.1, -0.05) is 17.7 Å². The van der Waals surface area contributed by atoms with Gasteiger partial charge in [-0.3, -0.25) is 4.98 Å². The smallest absolute Gasteiger partial charge is 0.0426 e. The molecule has 0 saturated heterocycles. The van der Waals surface area contributed by atoms with Gasteiger partial charge in [-0.05, 0) is 36.8 Å². The predicted molar refractivity (Wildman–Crippen MR) is 63.8 cm³/mol. The van der Waals surface area contributed by atoms with Crippen LogP contribution in [0.15, 0.2) is 36.5 Å². The second kappa shape index (κ2) is 3.91. The number of hydrogen-bond acceptors (Lipinski definition) is 2. The zero-order valence-corrected chi connectivity index (χ0v) is 9.12. The summed E-state index contributed by atoms with van der Waals surface area (Å²) in [6, 6.07) is 9.45. The maximum absolute atomic E-state index is 5.90. The molecule has 1 heterocycles. The van der Waals surface area contributed by atoms with E-state index in [0.29, 0.717) is 10.7 Å². The lowest BCUT2D eigenvalue weighted by Crippen LogP contribution is -1.90. The van der Waals surface area contributed by atoms with Gasteiger partial charge in [-0.15, -0.1) is 0 Å². The number of nitrogens with two attached hydrogens (primary N) is 1. The van der Waals surface area contributed by atoms with Crippen LogP contribution in [0.5, 0.6) is 0 Å². The van der Waals surface area contributed by atoms with Crippen molar-refractivity contribution in [1.82, 2.24) is 4.98 Å². The molecule has 76 valence electrons. The van der Waals surface area contributed by atoms with E-state index in [4.69, 9.17) is 17.3 Å². The van der Waals surface area contributed by atoms with E-state index in [1.807, 2.05) is 31.2 Å². The lowest BCUT2D eigenvalue weighted by atomic mass is 10.0. The van der Waals surface area contributed by atoms with Crippen molar-refractivity contribution >= 4 is 17.3 Å². The van der Waals surface area contributed by atoms with Crippen molar-refractivity contribution in [1.29, 1.82) is 0 Å². The summed E-state index contributed by atoms with van der Waals surface area (Å²) in [5, 5.41) is 0.655. The molecule has 2 aromatic rings. The molecule has 0 aliphatic heterocycles. The van der Waals surface area contributed by atoms with Crippen molar-refractivity contribution in [3.8, 4) is 11.1 Å². The average Bonchev–Trinajstić information content (AvgIpc) is 2.17. The molecule has 0 radical (unpaired) electrons. The van der Waals surface area contributed by atoms with E-state index in [0.717, 1.165) is 16.8 Å². The number of aryl methyl sites for hydroxylation is 1. The van der Waals surface area contributed by atoms with Gasteiger partial charge in [-0.25, -0.2) is 0 Å². The topological polar surface area (TPSA) is 38.9 Å². The van der Waals surface area contributed by atoms with Crippen LogP contribution in [-0.4, -0.2) is 4.98 Å². The van der Waals surface area contributed by atoms with Crippen LogP contribution >= 0.6 is 11.6 Å². The fourth-order valence-electron chi connectivity index (χ4n) is 1.51. The number of rotatable bonds is 1. The van der Waals surface area contributed by atoms with Crippen molar-refractivity contribution in [2.45, 2.75) is 6.92 Å². The van der Waals surface area contributed by atoms with Crippen LogP contribution in [0.1, 0.15) is 5.69 Å². The minimum absolute atomic E-state index is 0.655. The van der Waals surface area contributed by atoms with Gasteiger partial charge in [0.15, 0.2) is 0 Å². The summed E-state index contributed by atoms with van der Waals surface area (Å²) in [5.41, 5.74) is 9.62. The van der Waals surface area contributed by atoms with Crippen molar-refractivity contribution in [3.63, 3.8) is 0 Å². The molecule has 15 heavy (non-hydrogen) atoms. The monoisotopic (exact) mass is 218 g/mol. The van der Waals surface area contributed by atoms with Gasteiger partial charge < -0.3 is 5.73 Å². The second-order valence-electron chi connectivity index (χ2n) is 3.42. The molecule has 1 aromatic heterocycles. The second-order valence-corrected chi connectivity index (χ2v) is 3.85. The van der Waals surface area contributed by atoms with Crippen LogP contribution in [0.3, 0.4) is 0 Å². The zero-order chi connectivity index (χ0) is 10.8. The van der Waals surface area contributed by atoms with Gasteiger partial charge in [0, 0.05) is 28.2 Å². The van der Waals surface area contributed by atoms with Crippen LogP contribution in [0.2, 0.25) is 5.02 Å². The molecule has 0 saturated carbocycles. The van der Waals surface area contributed by atoms with Crippen LogP contribution in [0.4, 0.5) is 5.69 Å². The molecule has 0 bridgehead atoms. The Hall–Kier alpha value is -1.54. The van der Waals surface area contributed by atoms with Gasteiger partial charge in [0.05, 0.1) is 0 Å². The van der Waals surface area contributed by atoms with Crippen LogP contribution in [0.25, 0.3) is 11.1 Å². The third-order valence-electron chi connectivity index (χ3n) is 2.22. The summed E-state index contributed by atoms with van der Waals surface area (Å²) >= 11 is 5.84. The number of anilines is 1. The molecule has 0 amide bonds. The van der Waals surface area contributed by atoms with Crippen molar-refractivity contribution in [2.75, 3.05) is 5.73 Å². The fourth-order valence-corrected chi connectivity index (χ4v) is 1.69. The quantitative estimate of drug-likeness (QED) is 0.746. The lowest BCUT2D eigenvalue weighted by Gasteiger charge is -2.06. The Bertz CT molecular complexity index is 495. The number of hydrogen-bond donors (Lipinski definition) is 1. The molecule has 0 spiro atoms. The summed E-state index contributed by atoms with van der Waals surface area (Å²) < 4.78 is 0. The minimum Gasteiger partial charge on any atom is -0.398 e. The third-order valence-corrected chi connectivity index (χ3v) is 2.46. The van der Waals surface area contributed by atoms with E-state index in [2.05, 4.69) is 4.98 Å². The van der Waals surface area contributed by atoms with Crippen molar-refractivity contribution < 1.29 is 0 Å². The maximum atomic E-state index is 5.90. The number of benzene rings is 1. The van der Waals surface area contributed by atoms with Gasteiger partial charge in [0.2, 0.25) is 0 Å². The van der Waals surface area contributed by atoms with E-state index in [-0.39, 0.29) is 0 Å². The molecule has 0 atom stereocenters. The van der Waals surface area contributed by atoms with E-state index >= 15 is 0 Å². The van der Waals surface area contributed by atoms with E-state index in [1.54, 1.807) is 12.3 Å². The highest BCUT2D eigenvalue weighted by molar-refractivity contribution is 6.31. The van der Waals surface area contributed by atoms with Gasteiger partial charge in [0.1, 0.15) is 0 Å². The molecule has 0 aliphatic carbocycles. The highest BCUT2D eigenvalue weighted by atomic mass is 35.5. The number of halogens is 1. The Kier molecular flexibility index (Phi) is 2.60. The van der Waals surface area contributed by atoms with Crippen LogP contribution in [0, 0.1) is 6.92 Å². The summed E-state index contributed by atoms with van der Waals surface area (Å²) in [7, 11) is 0. The predicted octanol–water partition coefficient (Wildman–Crippen LogP) is 3.29. The Morgan fingerprint density at radius 3 is 2.67 bits per heavy atom. The van der Waals surface area contributed by atoms with Crippen LogP contribution in [-0.2, 0) is 0 Å². The Morgan fingerprint density at radius 2 is 2.00 bits per heavy atom. The molecular formula is C12H11ClN2. The normalized spacial score (nSPS) is 10.3. The van der Waals surface area contributed by atoms with Gasteiger partial charge in [-0.2, -0.15) is 0 Å². The molecule has 2 rings (SSSR count). The number of nitrogen functional groups attached to an aromatic ring is 1. The molecule has 2 N–H and O–H groups in total. The average molecular weight is 219 g/mol. The zero-order valence-electron chi connectivity index (χ0n) is 8.37. The minimum atomic E-state index is 0.655. The molecular weight excluding hydrogens is 208 g/mol. The van der Waals surface area contributed by atoms with Gasteiger partial charge in [0.25, 0.3) is 0 Å². The first kappa shape index (κ1) is 9.99.